The summed E-state index contributed by atoms with van der Waals surface area (Å²) < 4.78 is 18.1. The van der Waals surface area contributed by atoms with E-state index >= 15 is 0 Å². The molecule has 214 valence electrons. The molecule has 1 aliphatic heterocycles. The van der Waals surface area contributed by atoms with Gasteiger partial charge in [-0.05, 0) is 12.1 Å². The molecule has 4 heterocycles. The van der Waals surface area contributed by atoms with Crippen LogP contribution in [0, 0.1) is 0 Å². The molecule has 1 unspecified atom stereocenters. The number of nitrogens with zero attached hydrogens (tertiary/aromatic N) is 5. The highest BCUT2D eigenvalue weighted by atomic mass is 35.5. The first-order chi connectivity index (χ1) is 19.9. The van der Waals surface area contributed by atoms with Crippen LogP contribution in [0.1, 0.15) is 0 Å². The summed E-state index contributed by atoms with van der Waals surface area (Å²) in [5, 5.41) is 21.0. The zero-order valence-electron chi connectivity index (χ0n) is 22.2. The Morgan fingerprint density at radius 1 is 1.17 bits per heavy atom. The molecule has 1 aromatic carbocycles. The molecule has 1 fully saturated rings. The van der Waals surface area contributed by atoms with Crippen molar-refractivity contribution in [2.75, 3.05) is 39.4 Å². The van der Waals surface area contributed by atoms with Gasteiger partial charge in [-0.25, -0.2) is 15.0 Å². The fourth-order valence-corrected chi connectivity index (χ4v) is 5.20. The van der Waals surface area contributed by atoms with Gasteiger partial charge >= 0.3 is 0 Å². The number of benzene rings is 1. The zero-order valence-corrected chi connectivity index (χ0v) is 23.7. The fraction of sp³-hybridized carbons (Fsp3) is 0.296. The molecule has 1 aliphatic rings. The van der Waals surface area contributed by atoms with Gasteiger partial charge in [-0.1, -0.05) is 29.8 Å². The summed E-state index contributed by atoms with van der Waals surface area (Å²) in [4.78, 5) is 26.1. The Morgan fingerprint density at radius 2 is 1.90 bits per heavy atom. The maximum Gasteiger partial charge on any atom is 0.243 e. The Morgan fingerprint density at radius 3 is 2.59 bits per heavy atom. The fourth-order valence-electron chi connectivity index (χ4n) is 4.51. The third-order valence-electron chi connectivity index (χ3n) is 6.54. The highest BCUT2D eigenvalue weighted by molar-refractivity contribution is 6.41. The number of methoxy groups -OCH3 is 2. The van der Waals surface area contributed by atoms with Crippen LogP contribution in [-0.4, -0.2) is 81.9 Å². The van der Waals surface area contributed by atoms with Crippen LogP contribution in [0.2, 0.25) is 10.0 Å². The van der Waals surface area contributed by atoms with E-state index in [1.54, 1.807) is 35.4 Å². The van der Waals surface area contributed by atoms with E-state index in [1.807, 2.05) is 0 Å². The quantitative estimate of drug-likeness (QED) is 0.232. The van der Waals surface area contributed by atoms with Crippen LogP contribution >= 0.6 is 23.2 Å². The number of halogens is 2. The maximum atomic E-state index is 11.9. The summed E-state index contributed by atoms with van der Waals surface area (Å²) in [6.07, 6.45) is 6.27. The molecule has 3 aromatic heterocycles. The lowest BCUT2D eigenvalue weighted by Gasteiger charge is -2.20. The van der Waals surface area contributed by atoms with Crippen LogP contribution in [-0.2, 0) is 16.1 Å². The monoisotopic (exact) mass is 599 g/mol. The molecule has 41 heavy (non-hydrogen) atoms. The van der Waals surface area contributed by atoms with Crippen molar-refractivity contribution in [3.8, 4) is 34.0 Å². The summed E-state index contributed by atoms with van der Waals surface area (Å²) in [7, 11) is 3.00. The Bertz CT molecular complexity index is 1580. The lowest BCUT2D eigenvalue weighted by Crippen LogP contribution is -2.45. The number of aliphatic hydroxyl groups excluding tert-OH is 1. The number of fused-ring (bicyclic) bond motifs is 1. The number of carbonyl (C=O) groups is 1. The summed E-state index contributed by atoms with van der Waals surface area (Å²) in [6.45, 7) is 4.43. The smallest absolute Gasteiger partial charge is 0.243 e. The number of hydrogen-bond acceptors (Lipinski definition) is 10. The molecule has 14 heteroatoms. The molecule has 5 rings (SSSR count). The number of ether oxygens (including phenoxy) is 3. The van der Waals surface area contributed by atoms with Crippen molar-refractivity contribution < 1.29 is 24.1 Å². The predicted molar refractivity (Wildman–Crippen MR) is 155 cm³/mol. The summed E-state index contributed by atoms with van der Waals surface area (Å²) in [6, 6.07) is 2.83. The van der Waals surface area contributed by atoms with Gasteiger partial charge < -0.3 is 30.0 Å². The average Bonchev–Trinajstić information content (AvgIpc) is 3.62. The molecule has 0 radical (unpaired) electrons. The minimum Gasteiger partial charge on any atom is -0.495 e. The summed E-state index contributed by atoms with van der Waals surface area (Å²) >= 11 is 13.4. The van der Waals surface area contributed by atoms with Crippen LogP contribution in [0.4, 0.5) is 5.95 Å². The lowest BCUT2D eigenvalue weighted by molar-refractivity contribution is -0.117. The molecule has 1 saturated heterocycles. The largest absolute Gasteiger partial charge is 0.495 e. The van der Waals surface area contributed by atoms with Gasteiger partial charge in [-0.3, -0.25) is 9.48 Å². The molecule has 2 atom stereocenters. The van der Waals surface area contributed by atoms with Crippen LogP contribution in [0.25, 0.3) is 33.4 Å². The Hall–Kier alpha value is -3.97. The summed E-state index contributed by atoms with van der Waals surface area (Å²) in [5.74, 6) is 0.769. The first-order valence-electron chi connectivity index (χ1n) is 12.6. The molecule has 3 N–H and O–H groups in total. The number of rotatable bonds is 10. The van der Waals surface area contributed by atoms with Crippen molar-refractivity contribution in [3.05, 3.63) is 53.4 Å². The standard InChI is InChI=1S/C27H27Cl2N7O5/c1-4-21(38)32-17-12-41-13-18(17)34-27-30-9-14-7-16(22-23(28)19(39-2)8-20(40-3)24(22)29)33-26(25(14)35-27)15-10-31-36(11-15)5-6-37/h4,7-11,17-18,37H,1,5-6,12-13H2,2-3H3,(H,32,38)(H,30,34,35)/t17-,18?/m0/s1. The van der Waals surface area contributed by atoms with Crippen LogP contribution in [0.5, 0.6) is 11.5 Å². The number of nitrogens with one attached hydrogen (secondary N) is 2. The molecule has 0 bridgehead atoms. The van der Waals surface area contributed by atoms with E-state index in [4.69, 9.17) is 47.4 Å². The van der Waals surface area contributed by atoms with Crippen molar-refractivity contribution in [2.24, 2.45) is 0 Å². The van der Waals surface area contributed by atoms with Crippen molar-refractivity contribution in [1.29, 1.82) is 0 Å². The van der Waals surface area contributed by atoms with Gasteiger partial charge in [0, 0.05) is 35.0 Å². The van der Waals surface area contributed by atoms with Gasteiger partial charge in [0.25, 0.3) is 0 Å². The van der Waals surface area contributed by atoms with Crippen molar-refractivity contribution >= 4 is 46.0 Å². The van der Waals surface area contributed by atoms with Gasteiger partial charge in [-0.15, -0.1) is 0 Å². The van der Waals surface area contributed by atoms with E-state index in [0.29, 0.717) is 70.6 Å². The number of carbonyl (C=O) groups excluding carboxylic acids is 1. The van der Waals surface area contributed by atoms with Crippen LogP contribution in [0.3, 0.4) is 0 Å². The Balaban J connectivity index is 1.63. The van der Waals surface area contributed by atoms with E-state index in [1.165, 1.54) is 20.3 Å². The molecule has 0 aliphatic carbocycles. The number of aromatic nitrogens is 5. The molecule has 1 amide bonds. The number of hydrogen-bond donors (Lipinski definition) is 3. The molecule has 0 saturated carbocycles. The number of pyridine rings is 1. The minimum absolute atomic E-state index is 0.0760. The second-order valence-electron chi connectivity index (χ2n) is 9.09. The average molecular weight is 600 g/mol. The SMILES string of the molecule is C=CC(=O)N[C@H]1COCC1Nc1ncc2cc(-c3c(Cl)c(OC)cc(OC)c3Cl)nc(-c3cnn(CCO)c3)c2n1. The molecule has 0 spiro atoms. The van der Waals surface area contributed by atoms with E-state index in [2.05, 4.69) is 27.3 Å². The molecule has 4 aromatic rings. The minimum atomic E-state index is -0.294. The normalized spacial score (nSPS) is 16.5. The van der Waals surface area contributed by atoms with Gasteiger partial charge in [0.05, 0.1) is 74.6 Å². The third-order valence-corrected chi connectivity index (χ3v) is 7.29. The van der Waals surface area contributed by atoms with E-state index in [0.717, 1.165) is 0 Å². The summed E-state index contributed by atoms with van der Waals surface area (Å²) in [5.41, 5.74) is 2.52. The number of amides is 1. The number of aliphatic hydroxyl groups is 1. The van der Waals surface area contributed by atoms with Crippen LogP contribution < -0.4 is 20.1 Å². The van der Waals surface area contributed by atoms with Crippen molar-refractivity contribution in [1.82, 2.24) is 30.0 Å². The number of anilines is 1. The predicted octanol–water partition coefficient (Wildman–Crippen LogP) is 3.35. The Kier molecular flexibility index (Phi) is 8.54. The van der Waals surface area contributed by atoms with Gasteiger partial charge in [-0.2, -0.15) is 5.10 Å². The maximum absolute atomic E-state index is 11.9. The van der Waals surface area contributed by atoms with E-state index in [-0.39, 0.29) is 34.6 Å². The second kappa shape index (κ2) is 12.3. The molecule has 12 nitrogen and oxygen atoms in total. The highest BCUT2D eigenvalue weighted by Crippen LogP contribution is 2.46. The van der Waals surface area contributed by atoms with Gasteiger partial charge in [0.15, 0.2) is 0 Å². The first kappa shape index (κ1) is 28.6. The van der Waals surface area contributed by atoms with Crippen molar-refractivity contribution in [3.63, 3.8) is 0 Å². The van der Waals surface area contributed by atoms with E-state index in [9.17, 15) is 9.90 Å². The van der Waals surface area contributed by atoms with E-state index < -0.39 is 0 Å². The lowest BCUT2D eigenvalue weighted by atomic mass is 10.1. The topological polar surface area (TPSA) is 146 Å². The van der Waals surface area contributed by atoms with Crippen molar-refractivity contribution in [2.45, 2.75) is 18.6 Å². The second-order valence-corrected chi connectivity index (χ2v) is 9.85. The molecular formula is C27H27Cl2N7O5. The third kappa shape index (κ3) is 5.77. The zero-order chi connectivity index (χ0) is 29.1. The van der Waals surface area contributed by atoms with Gasteiger partial charge in [0.1, 0.15) is 22.7 Å². The van der Waals surface area contributed by atoms with Gasteiger partial charge in [0.2, 0.25) is 11.9 Å². The van der Waals surface area contributed by atoms with Crippen LogP contribution in [0.15, 0.2) is 43.4 Å². The highest BCUT2D eigenvalue weighted by Gasteiger charge is 2.30. The Labute approximate surface area is 245 Å². The first-order valence-corrected chi connectivity index (χ1v) is 13.3. The molecular weight excluding hydrogens is 573 g/mol.